The van der Waals surface area contributed by atoms with E-state index in [1.807, 2.05) is 6.92 Å². The van der Waals surface area contributed by atoms with Crippen LogP contribution < -0.4 is 4.72 Å². The van der Waals surface area contributed by atoms with Gasteiger partial charge < -0.3 is 9.67 Å². The zero-order chi connectivity index (χ0) is 21.3. The number of aliphatic hydroxyl groups excluding tert-OH is 1. The molecule has 1 aromatic carbocycles. The van der Waals surface area contributed by atoms with Gasteiger partial charge in [-0.25, -0.2) is 13.1 Å². The van der Waals surface area contributed by atoms with Crippen molar-refractivity contribution in [3.63, 3.8) is 0 Å². The Morgan fingerprint density at radius 3 is 2.90 bits per heavy atom. The van der Waals surface area contributed by atoms with Gasteiger partial charge in [-0.3, -0.25) is 4.79 Å². The van der Waals surface area contributed by atoms with E-state index in [0.29, 0.717) is 35.2 Å². The van der Waals surface area contributed by atoms with Gasteiger partial charge in [0.15, 0.2) is 5.78 Å². The summed E-state index contributed by atoms with van der Waals surface area (Å²) in [6.07, 6.45) is 2.44. The number of nitrogens with zero attached hydrogens (tertiary/aromatic N) is 2. The summed E-state index contributed by atoms with van der Waals surface area (Å²) in [5.74, 6) is -0.223. The van der Waals surface area contributed by atoms with E-state index in [4.69, 9.17) is 0 Å². The molecule has 2 unspecified atom stereocenters. The summed E-state index contributed by atoms with van der Waals surface area (Å²) < 4.78 is 29.6. The van der Waals surface area contributed by atoms with Gasteiger partial charge in [-0.15, -0.1) is 6.58 Å². The first-order valence-corrected chi connectivity index (χ1v) is 10.7. The molecule has 2 atom stereocenters. The van der Waals surface area contributed by atoms with Gasteiger partial charge in [-0.05, 0) is 37.0 Å². The average Bonchev–Trinajstić information content (AvgIpc) is 2.96. The Hall–Kier alpha value is -2.73. The molecule has 0 saturated carbocycles. The summed E-state index contributed by atoms with van der Waals surface area (Å²) in [5, 5.41) is 19.2. The SMILES string of the molecule is C=CC(O)C1CCc2c(cn(C)c2C(=O)Cc2ccc(C)c(C#N)c2)S(=O)(=O)N1. The van der Waals surface area contributed by atoms with Crippen LogP contribution in [0.4, 0.5) is 0 Å². The van der Waals surface area contributed by atoms with E-state index in [1.165, 1.54) is 16.8 Å². The zero-order valence-electron chi connectivity index (χ0n) is 16.3. The Morgan fingerprint density at radius 2 is 2.24 bits per heavy atom. The lowest BCUT2D eigenvalue weighted by Crippen LogP contribution is -2.41. The van der Waals surface area contributed by atoms with Crippen molar-refractivity contribution < 1.29 is 18.3 Å². The first-order chi connectivity index (χ1) is 13.7. The predicted molar refractivity (Wildman–Crippen MR) is 108 cm³/mol. The number of fused-ring (bicyclic) bond motifs is 1. The fraction of sp³-hybridized carbons (Fsp3) is 0.333. The van der Waals surface area contributed by atoms with Gasteiger partial charge in [-0.2, -0.15) is 5.26 Å². The Kier molecular flexibility index (Phi) is 5.75. The molecule has 0 radical (unpaired) electrons. The smallest absolute Gasteiger partial charge is 0.242 e. The average molecular weight is 413 g/mol. The Bertz CT molecular complexity index is 1130. The highest BCUT2D eigenvalue weighted by Gasteiger charge is 2.34. The van der Waals surface area contributed by atoms with Crippen molar-refractivity contribution in [1.29, 1.82) is 5.26 Å². The number of Topliss-reactive ketones (excluding diaryl/α,β-unsaturated/α-hetero) is 1. The van der Waals surface area contributed by atoms with Crippen LogP contribution in [0.3, 0.4) is 0 Å². The van der Waals surface area contributed by atoms with Crippen molar-refractivity contribution in [1.82, 2.24) is 9.29 Å². The maximum Gasteiger partial charge on any atom is 0.242 e. The molecule has 1 aliphatic rings. The van der Waals surface area contributed by atoms with E-state index in [-0.39, 0.29) is 17.1 Å². The minimum atomic E-state index is -3.88. The van der Waals surface area contributed by atoms with Crippen molar-refractivity contribution in [3.05, 3.63) is 65.0 Å². The van der Waals surface area contributed by atoms with Crippen LogP contribution in [0.5, 0.6) is 0 Å². The van der Waals surface area contributed by atoms with E-state index in [2.05, 4.69) is 17.4 Å². The second kappa shape index (κ2) is 7.95. The Morgan fingerprint density at radius 1 is 1.52 bits per heavy atom. The molecule has 1 aliphatic heterocycles. The van der Waals surface area contributed by atoms with Gasteiger partial charge in [0.05, 0.1) is 29.5 Å². The topological polar surface area (TPSA) is 112 Å². The first kappa shape index (κ1) is 21.0. The summed E-state index contributed by atoms with van der Waals surface area (Å²) in [4.78, 5) is 13.1. The third-order valence-electron chi connectivity index (χ3n) is 5.25. The van der Waals surface area contributed by atoms with E-state index >= 15 is 0 Å². The lowest BCUT2D eigenvalue weighted by Gasteiger charge is -2.19. The second-order valence-corrected chi connectivity index (χ2v) is 8.97. The number of aromatic nitrogens is 1. The molecule has 29 heavy (non-hydrogen) atoms. The minimum Gasteiger partial charge on any atom is -0.387 e. The maximum absolute atomic E-state index is 13.1. The molecule has 1 aromatic heterocycles. The third-order valence-corrected chi connectivity index (χ3v) is 6.80. The quantitative estimate of drug-likeness (QED) is 0.573. The number of aryl methyl sites for hydroxylation is 2. The monoisotopic (exact) mass is 413 g/mol. The molecule has 0 saturated heterocycles. The highest BCUT2D eigenvalue weighted by Crippen LogP contribution is 2.29. The third kappa shape index (κ3) is 4.03. The zero-order valence-corrected chi connectivity index (χ0v) is 17.2. The van der Waals surface area contributed by atoms with Crippen LogP contribution in [0.25, 0.3) is 0 Å². The lowest BCUT2D eigenvalue weighted by atomic mass is 9.97. The number of benzene rings is 1. The molecule has 2 N–H and O–H groups in total. The molecule has 2 heterocycles. The van der Waals surface area contributed by atoms with Gasteiger partial charge in [0.1, 0.15) is 4.90 Å². The molecule has 2 aromatic rings. The molecule has 3 rings (SSSR count). The van der Waals surface area contributed by atoms with Crippen LogP contribution in [-0.4, -0.2) is 36.0 Å². The molecule has 8 heteroatoms. The van der Waals surface area contributed by atoms with Crippen LogP contribution in [0.15, 0.2) is 41.9 Å². The minimum absolute atomic E-state index is 0.0590. The fourth-order valence-electron chi connectivity index (χ4n) is 3.68. The largest absolute Gasteiger partial charge is 0.387 e. The van der Waals surface area contributed by atoms with E-state index in [1.54, 1.807) is 25.2 Å². The van der Waals surface area contributed by atoms with Crippen molar-refractivity contribution >= 4 is 15.8 Å². The number of nitrogens with one attached hydrogen (secondary N) is 1. The number of carbonyl (C=O) groups is 1. The van der Waals surface area contributed by atoms with Crippen LogP contribution in [0.1, 0.15) is 39.2 Å². The van der Waals surface area contributed by atoms with Crippen molar-refractivity contribution in [3.8, 4) is 6.07 Å². The number of sulfonamides is 1. The molecule has 0 spiro atoms. The van der Waals surface area contributed by atoms with Gasteiger partial charge in [0, 0.05) is 25.2 Å². The van der Waals surface area contributed by atoms with Crippen LogP contribution >= 0.6 is 0 Å². The molecule has 7 nitrogen and oxygen atoms in total. The molecule has 0 amide bonds. The maximum atomic E-state index is 13.1. The Balaban J connectivity index is 1.97. The number of hydrogen-bond donors (Lipinski definition) is 2. The van der Waals surface area contributed by atoms with Crippen molar-refractivity contribution in [2.45, 2.75) is 43.2 Å². The molecule has 0 aliphatic carbocycles. The normalized spacial score (nSPS) is 18.9. The standard InChI is InChI=1S/C21H23N3O4S/c1-4-18(25)17-8-7-16-20(29(27,28)23-17)12-24(3)21(16)19(26)10-14-6-5-13(2)15(9-14)11-22/h4-6,9,12,17-18,23,25H,1,7-8,10H2,2-3H3. The summed E-state index contributed by atoms with van der Waals surface area (Å²) in [6, 6.07) is 6.68. The molecule has 0 fully saturated rings. The van der Waals surface area contributed by atoms with Gasteiger partial charge in [0.25, 0.3) is 0 Å². The second-order valence-electron chi connectivity index (χ2n) is 7.29. The van der Waals surface area contributed by atoms with Crippen LogP contribution in [0, 0.1) is 18.3 Å². The fourth-order valence-corrected chi connectivity index (χ4v) is 5.28. The van der Waals surface area contributed by atoms with Crippen molar-refractivity contribution in [2.24, 2.45) is 7.05 Å². The highest BCUT2D eigenvalue weighted by atomic mass is 32.2. The number of hydrogen-bond acceptors (Lipinski definition) is 5. The number of rotatable bonds is 5. The Labute approximate surface area is 170 Å². The van der Waals surface area contributed by atoms with E-state index < -0.39 is 22.2 Å². The van der Waals surface area contributed by atoms with Crippen LogP contribution in [0.2, 0.25) is 0 Å². The van der Waals surface area contributed by atoms with Crippen molar-refractivity contribution in [2.75, 3.05) is 0 Å². The highest BCUT2D eigenvalue weighted by molar-refractivity contribution is 7.89. The summed E-state index contributed by atoms with van der Waals surface area (Å²) in [5.41, 5.74) is 2.82. The first-order valence-electron chi connectivity index (χ1n) is 9.22. The number of nitriles is 1. The lowest BCUT2D eigenvalue weighted by molar-refractivity contribution is 0.0984. The number of carbonyl (C=O) groups excluding carboxylic acids is 1. The van der Waals surface area contributed by atoms with Gasteiger partial charge in [0.2, 0.25) is 10.0 Å². The van der Waals surface area contributed by atoms with Gasteiger partial charge >= 0.3 is 0 Å². The van der Waals surface area contributed by atoms with E-state index in [0.717, 1.165) is 5.56 Å². The van der Waals surface area contributed by atoms with E-state index in [9.17, 15) is 23.6 Å². The van der Waals surface area contributed by atoms with Gasteiger partial charge in [-0.1, -0.05) is 18.2 Å². The number of aliphatic hydroxyl groups is 1. The molecular weight excluding hydrogens is 390 g/mol. The molecule has 0 bridgehead atoms. The predicted octanol–water partition coefficient (Wildman–Crippen LogP) is 1.77. The summed E-state index contributed by atoms with van der Waals surface area (Å²) in [7, 11) is -2.24. The summed E-state index contributed by atoms with van der Waals surface area (Å²) >= 11 is 0. The van der Waals surface area contributed by atoms with Crippen LogP contribution in [-0.2, 0) is 29.9 Å². The molecule has 152 valence electrons. The number of ketones is 1. The molecular formula is C21H23N3O4S. The summed E-state index contributed by atoms with van der Waals surface area (Å²) in [6.45, 7) is 5.34.